The minimum Gasteiger partial charge on any atom is -0.422 e. The van der Waals surface area contributed by atoms with Crippen LogP contribution in [0.15, 0.2) is 4.80 Å². The molecular formula is C3H12N2OSi. The molecule has 0 unspecified atom stereocenters. The normalized spacial score (nSPS) is 6.86. The van der Waals surface area contributed by atoms with Gasteiger partial charge in [-0.3, -0.25) is 0 Å². The largest absolute Gasteiger partial charge is 0.422 e. The average molecular weight is 120 g/mol. The molecule has 0 aliphatic carbocycles. The van der Waals surface area contributed by atoms with E-state index in [0.717, 1.165) is 10.0 Å². The van der Waals surface area contributed by atoms with Crippen molar-refractivity contribution >= 4 is 10.0 Å². The van der Waals surface area contributed by atoms with Gasteiger partial charge < -0.3 is 10.1 Å². The van der Waals surface area contributed by atoms with Gasteiger partial charge in [0.25, 0.3) is 0 Å². The Bertz CT molecular complexity index is 37.2. The van der Waals surface area contributed by atoms with Gasteiger partial charge in [-0.05, 0) is 21.1 Å². The van der Waals surface area contributed by atoms with Crippen LogP contribution in [0.5, 0.6) is 0 Å². The number of nitrogens with zero attached hydrogens (tertiary/aromatic N) is 2. The van der Waals surface area contributed by atoms with Crippen molar-refractivity contribution in [3.63, 3.8) is 0 Å². The van der Waals surface area contributed by atoms with Crippen molar-refractivity contribution in [2.75, 3.05) is 21.1 Å². The van der Waals surface area contributed by atoms with Crippen LogP contribution < -0.4 is 0 Å². The molecule has 0 spiro atoms. The minimum absolute atomic E-state index is 1.15. The van der Waals surface area contributed by atoms with E-state index in [-0.39, 0.29) is 0 Å². The van der Waals surface area contributed by atoms with Crippen LogP contribution in [-0.2, 0) is 0 Å². The second-order valence-electron chi connectivity index (χ2n) is 1.48. The average Bonchev–Trinajstić information content (AvgIpc) is 1.33. The molecule has 0 aromatic carbocycles. The molecule has 0 aromatic heterocycles. The van der Waals surface area contributed by atoms with Crippen LogP contribution in [0.1, 0.15) is 0 Å². The Balaban J connectivity index is 0. The lowest BCUT2D eigenvalue weighted by atomic mass is 11.0. The lowest BCUT2D eigenvalue weighted by Crippen LogP contribution is -1.99. The molecule has 0 heterocycles. The van der Waals surface area contributed by atoms with Crippen LogP contribution in [-0.4, -0.2) is 41.3 Å². The lowest BCUT2D eigenvalue weighted by molar-refractivity contribution is 0.326. The topological polar surface area (TPSA) is 35.8 Å². The summed E-state index contributed by atoms with van der Waals surface area (Å²) < 4.78 is 0. The maximum atomic E-state index is 7.21. The maximum Gasteiger partial charge on any atom is 0.148 e. The van der Waals surface area contributed by atoms with E-state index < -0.39 is 0 Å². The zero-order chi connectivity index (χ0) is 6.28. The molecule has 0 atom stereocenters. The molecule has 0 bridgehead atoms. The Morgan fingerprint density at radius 1 is 1.43 bits per heavy atom. The van der Waals surface area contributed by atoms with E-state index in [0.29, 0.717) is 0 Å². The summed E-state index contributed by atoms with van der Waals surface area (Å²) >= 11 is 0. The summed E-state index contributed by atoms with van der Waals surface area (Å²) in [6.45, 7) is 0. The van der Waals surface area contributed by atoms with Crippen molar-refractivity contribution in [1.82, 2.24) is 4.90 Å². The zero-order valence-electron chi connectivity index (χ0n) is 5.05. The van der Waals surface area contributed by atoms with Crippen LogP contribution in [0.3, 0.4) is 0 Å². The SMILES string of the molecule is CN(C)C.ON=[SiH2]. The predicted octanol–water partition coefficient (Wildman–Crippen LogP) is -0.630. The summed E-state index contributed by atoms with van der Waals surface area (Å²) in [6.07, 6.45) is 0. The Morgan fingerprint density at radius 2 is 1.43 bits per heavy atom. The molecule has 7 heavy (non-hydrogen) atoms. The van der Waals surface area contributed by atoms with Gasteiger partial charge in [0.2, 0.25) is 0 Å². The third-order valence-electron chi connectivity index (χ3n) is 0. The summed E-state index contributed by atoms with van der Waals surface area (Å²) in [5, 5.41) is 7.21. The van der Waals surface area contributed by atoms with Gasteiger partial charge in [-0.25, -0.2) is 0 Å². The van der Waals surface area contributed by atoms with E-state index in [1.165, 1.54) is 0 Å². The van der Waals surface area contributed by atoms with E-state index in [1.807, 2.05) is 26.0 Å². The maximum absolute atomic E-state index is 7.21. The smallest absolute Gasteiger partial charge is 0.148 e. The van der Waals surface area contributed by atoms with Gasteiger partial charge >= 0.3 is 0 Å². The minimum atomic E-state index is 1.15. The van der Waals surface area contributed by atoms with Crippen LogP contribution >= 0.6 is 0 Å². The molecule has 0 amide bonds. The van der Waals surface area contributed by atoms with Gasteiger partial charge in [0.05, 0.1) is 0 Å². The quantitative estimate of drug-likeness (QED) is 0.341. The molecule has 4 heteroatoms. The van der Waals surface area contributed by atoms with Crippen molar-refractivity contribution in [2.45, 2.75) is 0 Å². The number of hydrogen-bond donors (Lipinski definition) is 1. The summed E-state index contributed by atoms with van der Waals surface area (Å²) in [4.78, 5) is 4.53. The third kappa shape index (κ3) is 1660. The van der Waals surface area contributed by atoms with Gasteiger partial charge in [-0.2, -0.15) is 4.80 Å². The number of hydrogen-bond acceptors (Lipinski definition) is 3. The van der Waals surface area contributed by atoms with Crippen LogP contribution in [0.2, 0.25) is 0 Å². The van der Waals surface area contributed by atoms with E-state index in [4.69, 9.17) is 5.21 Å². The highest BCUT2D eigenvalue weighted by molar-refractivity contribution is 5.91. The van der Waals surface area contributed by atoms with Gasteiger partial charge in [-0.15, -0.1) is 0 Å². The van der Waals surface area contributed by atoms with Crippen LogP contribution in [0.25, 0.3) is 0 Å². The molecule has 0 saturated heterocycles. The zero-order valence-corrected chi connectivity index (χ0v) is 6.46. The van der Waals surface area contributed by atoms with Crippen LogP contribution in [0, 0.1) is 0 Å². The first kappa shape index (κ1) is 9.91. The Labute approximate surface area is 47.1 Å². The molecule has 0 aromatic rings. The van der Waals surface area contributed by atoms with E-state index in [2.05, 4.69) is 4.80 Å². The fourth-order valence-corrected chi connectivity index (χ4v) is 0. The second kappa shape index (κ2) is 9.24. The molecule has 3 nitrogen and oxygen atoms in total. The van der Waals surface area contributed by atoms with Crippen molar-refractivity contribution in [3.8, 4) is 0 Å². The van der Waals surface area contributed by atoms with Gasteiger partial charge in [0.1, 0.15) is 10.0 Å². The van der Waals surface area contributed by atoms with Crippen molar-refractivity contribution in [3.05, 3.63) is 0 Å². The molecule has 0 fully saturated rings. The first-order valence-electron chi connectivity index (χ1n) is 1.86. The Hall–Kier alpha value is -0.223. The van der Waals surface area contributed by atoms with Crippen molar-refractivity contribution in [2.24, 2.45) is 4.80 Å². The van der Waals surface area contributed by atoms with E-state index in [1.54, 1.807) is 0 Å². The standard InChI is InChI=1S/C3H9N.H3NOSi/c1-4(2)3;2-1-3/h1-3H3;2H,3H2. The highest BCUT2D eigenvalue weighted by Crippen LogP contribution is 1.47. The summed E-state index contributed by atoms with van der Waals surface area (Å²) in [6, 6.07) is 0. The molecule has 0 aliphatic heterocycles. The van der Waals surface area contributed by atoms with Crippen molar-refractivity contribution in [1.29, 1.82) is 0 Å². The van der Waals surface area contributed by atoms with Crippen LogP contribution in [0.4, 0.5) is 0 Å². The molecular weight excluding hydrogens is 108 g/mol. The summed E-state index contributed by atoms with van der Waals surface area (Å²) in [5.74, 6) is 0. The fourth-order valence-electron chi connectivity index (χ4n) is 0. The summed E-state index contributed by atoms with van der Waals surface area (Å²) in [5.41, 5.74) is 0. The van der Waals surface area contributed by atoms with E-state index in [9.17, 15) is 0 Å². The molecule has 0 rings (SSSR count). The third-order valence-corrected chi connectivity index (χ3v) is 0. The highest BCUT2D eigenvalue weighted by Gasteiger charge is 1.58. The van der Waals surface area contributed by atoms with E-state index >= 15 is 0 Å². The molecule has 0 saturated carbocycles. The molecule has 44 valence electrons. The van der Waals surface area contributed by atoms with Gasteiger partial charge in [0, 0.05) is 0 Å². The highest BCUT2D eigenvalue weighted by atomic mass is 28.1. The van der Waals surface area contributed by atoms with Crippen molar-refractivity contribution < 1.29 is 5.21 Å². The Kier molecular flexibility index (Phi) is 13.1. The Morgan fingerprint density at radius 3 is 1.43 bits per heavy atom. The molecule has 1 N–H and O–H groups in total. The molecule has 0 aliphatic rings. The predicted molar refractivity (Wildman–Crippen MR) is 32.4 cm³/mol. The number of rotatable bonds is 0. The fraction of sp³-hybridized carbons (Fsp3) is 1.00. The molecule has 0 radical (unpaired) electrons. The first-order valence-corrected chi connectivity index (χ1v) is 2.49. The monoisotopic (exact) mass is 120 g/mol. The van der Waals surface area contributed by atoms with Gasteiger partial charge in [-0.1, -0.05) is 0 Å². The van der Waals surface area contributed by atoms with Gasteiger partial charge in [0.15, 0.2) is 0 Å². The summed E-state index contributed by atoms with van der Waals surface area (Å²) in [7, 11) is 7.15. The second-order valence-corrected chi connectivity index (χ2v) is 1.77. The first-order chi connectivity index (χ1) is 3.15. The lowest BCUT2D eigenvalue weighted by Gasteiger charge is -1.90.